The predicted molar refractivity (Wildman–Crippen MR) is 78.3 cm³/mol. The molecule has 2 amide bonds. The van der Waals surface area contributed by atoms with E-state index in [0.717, 1.165) is 0 Å². The van der Waals surface area contributed by atoms with Crippen LogP contribution >= 0.6 is 0 Å². The maximum Gasteiger partial charge on any atom is 0.310 e. The van der Waals surface area contributed by atoms with Crippen molar-refractivity contribution in [2.24, 2.45) is 0 Å². The third-order valence-corrected chi connectivity index (χ3v) is 3.09. The molecule has 0 aromatic heterocycles. The van der Waals surface area contributed by atoms with Crippen molar-refractivity contribution in [2.75, 3.05) is 11.9 Å². The van der Waals surface area contributed by atoms with E-state index in [4.69, 9.17) is 9.47 Å². The van der Waals surface area contributed by atoms with Gasteiger partial charge >= 0.3 is 5.97 Å². The summed E-state index contributed by atoms with van der Waals surface area (Å²) >= 11 is 0. The molecule has 0 saturated carbocycles. The molecule has 1 aromatic carbocycles. The number of ether oxygens (including phenoxy) is 2. The Bertz CT molecular complexity index is 587. The molecule has 2 atom stereocenters. The Morgan fingerprint density at radius 2 is 2.14 bits per heavy atom. The van der Waals surface area contributed by atoms with Crippen LogP contribution in [-0.2, 0) is 19.1 Å². The number of hydrogen-bond acceptors (Lipinski definition) is 5. The summed E-state index contributed by atoms with van der Waals surface area (Å²) in [5.74, 6) is -0.966. The van der Waals surface area contributed by atoms with Gasteiger partial charge in [0.15, 0.2) is 12.2 Å². The van der Waals surface area contributed by atoms with Crippen LogP contribution in [0.2, 0.25) is 0 Å². The molecule has 7 nitrogen and oxygen atoms in total. The zero-order valence-electron chi connectivity index (χ0n) is 12.4. The lowest BCUT2D eigenvalue weighted by molar-refractivity contribution is -0.157. The molecule has 0 unspecified atom stereocenters. The number of esters is 1. The molecule has 7 heteroatoms. The molecule has 1 aliphatic rings. The smallest absolute Gasteiger partial charge is 0.310 e. The van der Waals surface area contributed by atoms with E-state index in [2.05, 4.69) is 10.6 Å². The number of anilines is 1. The molecule has 2 N–H and O–H groups in total. The summed E-state index contributed by atoms with van der Waals surface area (Å²) in [6.45, 7) is 3.69. The SMILES string of the molecule is CCNC(=O)[C@H](C)OC(=O)C[C@@H]1Oc2ccccc2NC1=O. The zero-order valence-corrected chi connectivity index (χ0v) is 12.4. The molecule has 0 spiro atoms. The highest BCUT2D eigenvalue weighted by Crippen LogP contribution is 2.29. The van der Waals surface area contributed by atoms with E-state index >= 15 is 0 Å². The number of rotatable bonds is 5. The van der Waals surface area contributed by atoms with Crippen LogP contribution in [0.15, 0.2) is 24.3 Å². The summed E-state index contributed by atoms with van der Waals surface area (Å²) in [6, 6.07) is 6.94. The lowest BCUT2D eigenvalue weighted by Gasteiger charge is -2.25. The van der Waals surface area contributed by atoms with E-state index < -0.39 is 24.1 Å². The first-order valence-corrected chi connectivity index (χ1v) is 7.05. The minimum Gasteiger partial charge on any atom is -0.478 e. The number of benzene rings is 1. The Morgan fingerprint density at radius 1 is 1.41 bits per heavy atom. The largest absolute Gasteiger partial charge is 0.478 e. The third kappa shape index (κ3) is 3.75. The lowest BCUT2D eigenvalue weighted by atomic mass is 10.1. The van der Waals surface area contributed by atoms with Crippen LogP contribution in [0.25, 0.3) is 0 Å². The number of hydrogen-bond donors (Lipinski definition) is 2. The van der Waals surface area contributed by atoms with Crippen molar-refractivity contribution >= 4 is 23.5 Å². The molecule has 0 radical (unpaired) electrons. The highest BCUT2D eigenvalue weighted by atomic mass is 16.6. The van der Waals surface area contributed by atoms with Gasteiger partial charge in [0.1, 0.15) is 5.75 Å². The minimum atomic E-state index is -0.969. The van der Waals surface area contributed by atoms with Gasteiger partial charge in [-0.15, -0.1) is 0 Å². The van der Waals surface area contributed by atoms with Gasteiger partial charge in [-0.25, -0.2) is 0 Å². The highest BCUT2D eigenvalue weighted by molar-refractivity contribution is 5.99. The number of amides is 2. The van der Waals surface area contributed by atoms with Gasteiger partial charge in [-0.3, -0.25) is 14.4 Å². The first-order valence-electron chi connectivity index (χ1n) is 7.05. The summed E-state index contributed by atoms with van der Waals surface area (Å²) < 4.78 is 10.5. The molecule has 22 heavy (non-hydrogen) atoms. The molecule has 0 aliphatic carbocycles. The van der Waals surface area contributed by atoms with Crippen molar-refractivity contribution in [3.8, 4) is 5.75 Å². The number of carbonyl (C=O) groups is 3. The van der Waals surface area contributed by atoms with Gasteiger partial charge in [-0.1, -0.05) is 12.1 Å². The number of para-hydroxylation sites is 2. The van der Waals surface area contributed by atoms with Crippen molar-refractivity contribution in [2.45, 2.75) is 32.5 Å². The fourth-order valence-corrected chi connectivity index (χ4v) is 2.00. The minimum absolute atomic E-state index is 0.260. The van der Waals surface area contributed by atoms with Crippen LogP contribution in [0.3, 0.4) is 0 Å². The topological polar surface area (TPSA) is 93.7 Å². The summed E-state index contributed by atoms with van der Waals surface area (Å²) in [5.41, 5.74) is 0.563. The predicted octanol–water partition coefficient (Wildman–Crippen LogP) is 0.844. The molecule has 2 rings (SSSR count). The van der Waals surface area contributed by atoms with Crippen LogP contribution in [0, 0.1) is 0 Å². The molecule has 118 valence electrons. The van der Waals surface area contributed by atoms with Gasteiger partial charge < -0.3 is 20.1 Å². The number of nitrogens with one attached hydrogen (secondary N) is 2. The van der Waals surface area contributed by atoms with Crippen molar-refractivity contribution in [3.05, 3.63) is 24.3 Å². The molecule has 0 bridgehead atoms. The molecular weight excluding hydrogens is 288 g/mol. The Labute approximate surface area is 128 Å². The summed E-state index contributed by atoms with van der Waals surface area (Å²) in [5, 5.41) is 5.21. The number of fused-ring (bicyclic) bond motifs is 1. The Hall–Kier alpha value is -2.57. The summed E-state index contributed by atoms with van der Waals surface area (Å²) in [4.78, 5) is 35.2. The Morgan fingerprint density at radius 3 is 2.86 bits per heavy atom. The second-order valence-electron chi connectivity index (χ2n) is 4.82. The Kier molecular flexibility index (Phi) is 4.98. The van der Waals surface area contributed by atoms with Gasteiger partial charge in [-0.05, 0) is 26.0 Å². The van der Waals surface area contributed by atoms with Crippen LogP contribution < -0.4 is 15.4 Å². The van der Waals surface area contributed by atoms with Crippen LogP contribution in [0.4, 0.5) is 5.69 Å². The fraction of sp³-hybridized carbons (Fsp3) is 0.400. The normalized spacial score (nSPS) is 17.5. The van der Waals surface area contributed by atoms with Gasteiger partial charge in [-0.2, -0.15) is 0 Å². The monoisotopic (exact) mass is 306 g/mol. The average molecular weight is 306 g/mol. The quantitative estimate of drug-likeness (QED) is 0.786. The van der Waals surface area contributed by atoms with Crippen LogP contribution in [0.1, 0.15) is 20.3 Å². The molecule has 0 saturated heterocycles. The second kappa shape index (κ2) is 6.93. The van der Waals surface area contributed by atoms with Crippen molar-refractivity contribution in [1.29, 1.82) is 0 Å². The van der Waals surface area contributed by atoms with Crippen LogP contribution in [0.5, 0.6) is 5.75 Å². The molecule has 0 fully saturated rings. The van der Waals surface area contributed by atoms with E-state index in [-0.39, 0.29) is 12.3 Å². The average Bonchev–Trinajstić information content (AvgIpc) is 2.48. The van der Waals surface area contributed by atoms with Crippen molar-refractivity contribution in [3.63, 3.8) is 0 Å². The van der Waals surface area contributed by atoms with E-state index in [1.54, 1.807) is 31.2 Å². The molecular formula is C15H18N2O5. The van der Waals surface area contributed by atoms with Gasteiger partial charge in [0.2, 0.25) is 0 Å². The lowest BCUT2D eigenvalue weighted by Crippen LogP contribution is -2.40. The van der Waals surface area contributed by atoms with Crippen LogP contribution in [-0.4, -0.2) is 36.5 Å². The van der Waals surface area contributed by atoms with Gasteiger partial charge in [0.05, 0.1) is 12.1 Å². The zero-order chi connectivity index (χ0) is 16.1. The first kappa shape index (κ1) is 15.8. The van der Waals surface area contributed by atoms with Crippen molar-refractivity contribution < 1.29 is 23.9 Å². The first-order chi connectivity index (χ1) is 10.5. The summed E-state index contributed by atoms with van der Waals surface area (Å²) in [7, 11) is 0. The standard InChI is InChI=1S/C15H18N2O5/c1-3-16-14(19)9(2)21-13(18)8-12-15(20)17-10-6-4-5-7-11(10)22-12/h4-7,9,12H,3,8H2,1-2H3,(H,16,19)(H,17,20)/t9-,12-/m0/s1. The Balaban J connectivity index is 1.92. The fourth-order valence-electron chi connectivity index (χ4n) is 2.00. The maximum absolute atomic E-state index is 11.9. The van der Waals surface area contributed by atoms with Gasteiger partial charge in [0, 0.05) is 6.54 Å². The van der Waals surface area contributed by atoms with E-state index in [1.807, 2.05) is 0 Å². The second-order valence-corrected chi connectivity index (χ2v) is 4.82. The maximum atomic E-state index is 11.9. The van der Waals surface area contributed by atoms with E-state index in [9.17, 15) is 14.4 Å². The van der Waals surface area contributed by atoms with E-state index in [0.29, 0.717) is 18.0 Å². The molecule has 1 heterocycles. The number of likely N-dealkylation sites (N-methyl/N-ethyl adjacent to an activating group) is 1. The molecule has 1 aromatic rings. The molecule has 1 aliphatic heterocycles. The van der Waals surface area contributed by atoms with Crippen molar-refractivity contribution in [1.82, 2.24) is 5.32 Å². The highest BCUT2D eigenvalue weighted by Gasteiger charge is 2.31. The number of carbonyl (C=O) groups excluding carboxylic acids is 3. The van der Waals surface area contributed by atoms with E-state index in [1.165, 1.54) is 6.92 Å². The third-order valence-electron chi connectivity index (χ3n) is 3.09. The van der Waals surface area contributed by atoms with Gasteiger partial charge in [0.25, 0.3) is 11.8 Å². The summed E-state index contributed by atoms with van der Waals surface area (Å²) in [6.07, 6.45) is -2.14.